The molecule has 0 radical (unpaired) electrons. The SMILES string of the molecule is c1csc(-c2ncc(-c3nc([C@H]4CCOC4)no3)cn2)c1. The third-order valence-electron chi connectivity index (χ3n) is 3.38. The number of hydrogen-bond acceptors (Lipinski definition) is 7. The van der Waals surface area contributed by atoms with Gasteiger partial charge in [0, 0.05) is 24.9 Å². The molecule has 1 aliphatic heterocycles. The van der Waals surface area contributed by atoms with Crippen LogP contribution in [0.5, 0.6) is 0 Å². The first kappa shape index (κ1) is 12.6. The minimum absolute atomic E-state index is 0.230. The van der Waals surface area contributed by atoms with Gasteiger partial charge in [0.2, 0.25) is 0 Å². The molecule has 0 N–H and O–H groups in total. The molecule has 1 saturated heterocycles. The van der Waals surface area contributed by atoms with E-state index in [1.165, 1.54) is 0 Å². The zero-order valence-corrected chi connectivity index (χ0v) is 11.9. The van der Waals surface area contributed by atoms with Crippen LogP contribution in [0, 0.1) is 0 Å². The highest BCUT2D eigenvalue weighted by Crippen LogP contribution is 2.26. The van der Waals surface area contributed by atoms with Gasteiger partial charge < -0.3 is 9.26 Å². The molecular formula is C14H12N4O2S. The highest BCUT2D eigenvalue weighted by Gasteiger charge is 2.23. The summed E-state index contributed by atoms with van der Waals surface area (Å²) in [6.45, 7) is 1.42. The van der Waals surface area contributed by atoms with Crippen LogP contribution in [0.4, 0.5) is 0 Å². The average molecular weight is 300 g/mol. The van der Waals surface area contributed by atoms with Gasteiger partial charge >= 0.3 is 0 Å². The summed E-state index contributed by atoms with van der Waals surface area (Å²) in [5, 5.41) is 6.03. The second-order valence-electron chi connectivity index (χ2n) is 4.79. The van der Waals surface area contributed by atoms with Crippen molar-refractivity contribution in [2.45, 2.75) is 12.3 Å². The Hall–Kier alpha value is -2.12. The van der Waals surface area contributed by atoms with Crippen molar-refractivity contribution in [2.24, 2.45) is 0 Å². The fraction of sp³-hybridized carbons (Fsp3) is 0.286. The standard InChI is InChI=1S/C14H12N4O2S/c1-2-11(21-5-1)13-15-6-10(7-16-13)14-17-12(18-20-14)9-3-4-19-8-9/h1-2,5-7,9H,3-4,8H2/t9-/m0/s1. The minimum atomic E-state index is 0.230. The molecule has 1 fully saturated rings. The third kappa shape index (κ3) is 2.45. The van der Waals surface area contributed by atoms with E-state index >= 15 is 0 Å². The summed E-state index contributed by atoms with van der Waals surface area (Å²) in [6, 6.07) is 3.97. The lowest BCUT2D eigenvalue weighted by molar-refractivity contribution is 0.192. The quantitative estimate of drug-likeness (QED) is 0.740. The molecule has 4 heterocycles. The Kier molecular flexibility index (Phi) is 3.21. The Balaban J connectivity index is 1.58. The van der Waals surface area contributed by atoms with Crippen LogP contribution in [-0.4, -0.2) is 33.3 Å². The Labute approximate surface area is 124 Å². The summed E-state index contributed by atoms with van der Waals surface area (Å²) in [5.41, 5.74) is 0.730. The second kappa shape index (κ2) is 5.34. The summed E-state index contributed by atoms with van der Waals surface area (Å²) in [4.78, 5) is 14.2. The number of hydrogen-bond donors (Lipinski definition) is 0. The van der Waals surface area contributed by atoms with Crippen LogP contribution >= 0.6 is 11.3 Å². The highest BCUT2D eigenvalue weighted by atomic mass is 32.1. The van der Waals surface area contributed by atoms with E-state index in [2.05, 4.69) is 20.1 Å². The minimum Gasteiger partial charge on any atom is -0.381 e. The van der Waals surface area contributed by atoms with E-state index in [0.717, 1.165) is 23.5 Å². The molecule has 106 valence electrons. The summed E-state index contributed by atoms with van der Waals surface area (Å²) < 4.78 is 10.6. The number of nitrogens with zero attached hydrogens (tertiary/aromatic N) is 4. The molecule has 6 nitrogen and oxygen atoms in total. The van der Waals surface area contributed by atoms with Gasteiger partial charge in [0.1, 0.15) is 0 Å². The molecule has 4 rings (SSSR count). The Morgan fingerprint density at radius 3 is 2.86 bits per heavy atom. The lowest BCUT2D eigenvalue weighted by Gasteiger charge is -1.98. The van der Waals surface area contributed by atoms with E-state index in [4.69, 9.17) is 9.26 Å². The van der Waals surface area contributed by atoms with Crippen molar-refractivity contribution in [3.05, 3.63) is 35.7 Å². The van der Waals surface area contributed by atoms with Crippen LogP contribution in [-0.2, 0) is 4.74 Å². The van der Waals surface area contributed by atoms with Crippen molar-refractivity contribution < 1.29 is 9.26 Å². The third-order valence-corrected chi connectivity index (χ3v) is 4.24. The van der Waals surface area contributed by atoms with Crippen LogP contribution in [0.2, 0.25) is 0 Å². The molecule has 0 amide bonds. The van der Waals surface area contributed by atoms with Crippen molar-refractivity contribution in [3.8, 4) is 22.2 Å². The Morgan fingerprint density at radius 2 is 2.14 bits per heavy atom. The monoisotopic (exact) mass is 300 g/mol. The van der Waals surface area contributed by atoms with Crippen molar-refractivity contribution in [3.63, 3.8) is 0 Å². The van der Waals surface area contributed by atoms with Crippen molar-refractivity contribution in [1.82, 2.24) is 20.1 Å². The maximum atomic E-state index is 5.34. The molecule has 0 aromatic carbocycles. The molecule has 0 spiro atoms. The first-order chi connectivity index (χ1) is 10.4. The molecule has 0 bridgehead atoms. The van der Waals surface area contributed by atoms with E-state index in [9.17, 15) is 0 Å². The fourth-order valence-electron chi connectivity index (χ4n) is 2.23. The number of rotatable bonds is 3. The van der Waals surface area contributed by atoms with E-state index in [0.29, 0.717) is 24.1 Å². The zero-order chi connectivity index (χ0) is 14.1. The lowest BCUT2D eigenvalue weighted by Crippen LogP contribution is -1.99. The van der Waals surface area contributed by atoms with Gasteiger partial charge in [0.15, 0.2) is 11.6 Å². The lowest BCUT2D eigenvalue weighted by atomic mass is 10.1. The summed E-state index contributed by atoms with van der Waals surface area (Å²) in [5.74, 6) is 2.09. The molecule has 7 heteroatoms. The van der Waals surface area contributed by atoms with Gasteiger partial charge in [-0.25, -0.2) is 9.97 Å². The molecule has 3 aromatic heterocycles. The predicted molar refractivity (Wildman–Crippen MR) is 76.8 cm³/mol. The summed E-state index contributed by atoms with van der Waals surface area (Å²) >= 11 is 1.61. The van der Waals surface area contributed by atoms with Gasteiger partial charge in [-0.1, -0.05) is 11.2 Å². The Morgan fingerprint density at radius 1 is 1.24 bits per heavy atom. The average Bonchev–Trinajstić information content (AvgIpc) is 3.27. The van der Waals surface area contributed by atoms with Crippen LogP contribution in [0.15, 0.2) is 34.4 Å². The fourth-order valence-corrected chi connectivity index (χ4v) is 2.90. The second-order valence-corrected chi connectivity index (χ2v) is 5.74. The van der Waals surface area contributed by atoms with Gasteiger partial charge in [-0.2, -0.15) is 4.98 Å². The predicted octanol–water partition coefficient (Wildman–Crippen LogP) is 2.76. The Bertz CT molecular complexity index is 718. The molecule has 1 aliphatic rings. The van der Waals surface area contributed by atoms with E-state index in [1.807, 2.05) is 17.5 Å². The van der Waals surface area contributed by atoms with Gasteiger partial charge in [-0.3, -0.25) is 0 Å². The molecular weight excluding hydrogens is 288 g/mol. The normalized spacial score (nSPS) is 18.2. The largest absolute Gasteiger partial charge is 0.381 e. The first-order valence-corrected chi connectivity index (χ1v) is 7.56. The number of thiophene rings is 1. The maximum absolute atomic E-state index is 5.34. The molecule has 0 unspecified atom stereocenters. The summed E-state index contributed by atoms with van der Waals surface area (Å²) in [7, 11) is 0. The molecule has 0 saturated carbocycles. The molecule has 3 aromatic rings. The van der Waals surface area contributed by atoms with E-state index < -0.39 is 0 Å². The number of ether oxygens (including phenoxy) is 1. The van der Waals surface area contributed by atoms with Crippen LogP contribution in [0.25, 0.3) is 22.2 Å². The van der Waals surface area contributed by atoms with Crippen LogP contribution in [0.1, 0.15) is 18.2 Å². The first-order valence-electron chi connectivity index (χ1n) is 6.68. The van der Waals surface area contributed by atoms with Crippen molar-refractivity contribution >= 4 is 11.3 Å². The molecule has 1 atom stereocenters. The van der Waals surface area contributed by atoms with Gasteiger partial charge in [0.05, 0.1) is 17.0 Å². The number of aromatic nitrogens is 4. The van der Waals surface area contributed by atoms with Gasteiger partial charge in [0.25, 0.3) is 5.89 Å². The topological polar surface area (TPSA) is 73.9 Å². The maximum Gasteiger partial charge on any atom is 0.261 e. The smallest absolute Gasteiger partial charge is 0.261 e. The van der Waals surface area contributed by atoms with Gasteiger partial charge in [-0.15, -0.1) is 11.3 Å². The van der Waals surface area contributed by atoms with Crippen molar-refractivity contribution in [2.75, 3.05) is 13.2 Å². The molecule has 21 heavy (non-hydrogen) atoms. The van der Waals surface area contributed by atoms with Gasteiger partial charge in [-0.05, 0) is 17.9 Å². The molecule has 0 aliphatic carbocycles. The van der Waals surface area contributed by atoms with E-state index in [1.54, 1.807) is 23.7 Å². The van der Waals surface area contributed by atoms with E-state index in [-0.39, 0.29) is 5.92 Å². The van der Waals surface area contributed by atoms with Crippen molar-refractivity contribution in [1.29, 1.82) is 0 Å². The zero-order valence-electron chi connectivity index (χ0n) is 11.1. The summed E-state index contributed by atoms with van der Waals surface area (Å²) in [6.07, 6.45) is 4.36. The highest BCUT2D eigenvalue weighted by molar-refractivity contribution is 7.13. The van der Waals surface area contributed by atoms with Crippen LogP contribution < -0.4 is 0 Å². The van der Waals surface area contributed by atoms with Crippen LogP contribution in [0.3, 0.4) is 0 Å².